The van der Waals surface area contributed by atoms with Crippen molar-refractivity contribution in [3.8, 4) is 0 Å². The summed E-state index contributed by atoms with van der Waals surface area (Å²) in [5.74, 6) is -2.03. The van der Waals surface area contributed by atoms with Crippen molar-refractivity contribution in [3.63, 3.8) is 0 Å². The molecule has 1 aliphatic rings. The Morgan fingerprint density at radius 3 is 1.86 bits per heavy atom. The van der Waals surface area contributed by atoms with Gasteiger partial charge in [0.15, 0.2) is 5.60 Å². The Bertz CT molecular complexity index is 395. The molecule has 0 radical (unpaired) electrons. The van der Waals surface area contributed by atoms with Crippen LogP contribution < -0.4 is 0 Å². The van der Waals surface area contributed by atoms with Crippen LogP contribution in [0.15, 0.2) is 0 Å². The topological polar surface area (TPSA) is 46.5 Å². The van der Waals surface area contributed by atoms with Gasteiger partial charge in [-0.1, -0.05) is 13.8 Å². The van der Waals surface area contributed by atoms with Crippen LogP contribution in [0.2, 0.25) is 0 Å². The molecule has 1 saturated carbocycles. The Kier molecular flexibility index (Phi) is 5.11. The molecule has 0 bridgehead atoms. The van der Waals surface area contributed by atoms with E-state index >= 15 is 0 Å². The van der Waals surface area contributed by atoms with E-state index in [1.54, 1.807) is 6.92 Å². The van der Waals surface area contributed by atoms with Crippen molar-refractivity contribution in [3.05, 3.63) is 0 Å². The number of ether oxygens (including phenoxy) is 1. The Labute approximate surface area is 123 Å². The first-order chi connectivity index (χ1) is 9.82. The molecule has 0 aromatic heterocycles. The molecule has 0 amide bonds. The lowest BCUT2D eigenvalue weighted by molar-refractivity contribution is -0.412. The van der Waals surface area contributed by atoms with Crippen LogP contribution in [0.25, 0.3) is 0 Å². The number of carbonyl (C=O) groups excluding carboxylic acids is 1. The van der Waals surface area contributed by atoms with Crippen molar-refractivity contribution in [2.24, 2.45) is 5.92 Å². The maximum atomic E-state index is 13.1. The average molecular weight is 336 g/mol. The first-order valence-electron chi connectivity index (χ1n) is 6.91. The second kappa shape index (κ2) is 5.90. The van der Waals surface area contributed by atoms with Gasteiger partial charge in [-0.2, -0.15) is 26.3 Å². The summed E-state index contributed by atoms with van der Waals surface area (Å²) in [6.45, 7) is 2.89. The smallest absolute Gasteiger partial charge is 0.430 e. The monoisotopic (exact) mass is 336 g/mol. The lowest BCUT2D eigenvalue weighted by atomic mass is 9.79. The quantitative estimate of drug-likeness (QED) is 0.628. The number of carbonyl (C=O) groups is 1. The molecule has 0 aromatic carbocycles. The second-order valence-corrected chi connectivity index (χ2v) is 5.64. The fourth-order valence-corrected chi connectivity index (χ4v) is 2.62. The van der Waals surface area contributed by atoms with Crippen LogP contribution in [0.1, 0.15) is 46.0 Å². The van der Waals surface area contributed by atoms with Crippen molar-refractivity contribution >= 4 is 5.97 Å². The van der Waals surface area contributed by atoms with Gasteiger partial charge in [0.25, 0.3) is 5.60 Å². The van der Waals surface area contributed by atoms with Gasteiger partial charge in [-0.25, -0.2) is 0 Å². The summed E-state index contributed by atoms with van der Waals surface area (Å²) in [6.07, 6.45) is -13.2. The lowest BCUT2D eigenvalue weighted by Crippen LogP contribution is -2.71. The van der Waals surface area contributed by atoms with Gasteiger partial charge in [-0.3, -0.25) is 4.79 Å². The zero-order valence-corrected chi connectivity index (χ0v) is 12.1. The van der Waals surface area contributed by atoms with Crippen LogP contribution in [0.3, 0.4) is 0 Å². The molecule has 1 fully saturated rings. The second-order valence-electron chi connectivity index (χ2n) is 5.64. The number of esters is 1. The SMILES string of the molecule is CCC(C)C(=O)OC1(C(O)(C(F)(F)F)C(F)(F)F)CCCC1. The third-order valence-electron chi connectivity index (χ3n) is 4.20. The molecule has 22 heavy (non-hydrogen) atoms. The molecule has 0 aliphatic heterocycles. The van der Waals surface area contributed by atoms with E-state index in [1.807, 2.05) is 0 Å². The zero-order valence-electron chi connectivity index (χ0n) is 12.1. The van der Waals surface area contributed by atoms with Gasteiger partial charge in [0.05, 0.1) is 5.92 Å². The fraction of sp³-hybridized carbons (Fsp3) is 0.923. The van der Waals surface area contributed by atoms with Crippen molar-refractivity contribution in [1.82, 2.24) is 0 Å². The van der Waals surface area contributed by atoms with E-state index in [0.717, 1.165) is 0 Å². The molecule has 1 aliphatic carbocycles. The van der Waals surface area contributed by atoms with Gasteiger partial charge in [0.2, 0.25) is 0 Å². The summed E-state index contributed by atoms with van der Waals surface area (Å²) in [5.41, 5.74) is -8.10. The summed E-state index contributed by atoms with van der Waals surface area (Å²) in [5, 5.41) is 9.61. The van der Waals surface area contributed by atoms with Crippen molar-refractivity contribution in [1.29, 1.82) is 0 Å². The average Bonchev–Trinajstić information content (AvgIpc) is 2.83. The van der Waals surface area contributed by atoms with Gasteiger partial charge < -0.3 is 9.84 Å². The number of rotatable bonds is 4. The Hall–Kier alpha value is -0.990. The highest BCUT2D eigenvalue weighted by atomic mass is 19.4. The number of hydrogen-bond donors (Lipinski definition) is 1. The van der Waals surface area contributed by atoms with Gasteiger partial charge in [-0.05, 0) is 32.1 Å². The van der Waals surface area contributed by atoms with Gasteiger partial charge >= 0.3 is 18.3 Å². The lowest BCUT2D eigenvalue weighted by Gasteiger charge is -2.45. The summed E-state index contributed by atoms with van der Waals surface area (Å²) in [6, 6.07) is 0. The molecule has 9 heteroatoms. The van der Waals surface area contributed by atoms with Crippen LogP contribution in [0.4, 0.5) is 26.3 Å². The number of hydrogen-bond acceptors (Lipinski definition) is 3. The maximum absolute atomic E-state index is 13.1. The number of halogens is 6. The minimum Gasteiger partial charge on any atom is -0.455 e. The molecule has 3 nitrogen and oxygen atoms in total. The first kappa shape index (κ1) is 19.1. The zero-order chi connectivity index (χ0) is 17.4. The van der Waals surface area contributed by atoms with Crippen LogP contribution >= 0.6 is 0 Å². The predicted octanol–water partition coefficient (Wildman–Crippen LogP) is 3.74. The van der Waals surface area contributed by atoms with Crippen molar-refractivity contribution in [2.75, 3.05) is 0 Å². The number of alkyl halides is 6. The summed E-state index contributed by atoms with van der Waals surface area (Å²) in [4.78, 5) is 11.8. The van der Waals surface area contributed by atoms with Crippen molar-refractivity contribution < 1.29 is 41.0 Å². The van der Waals surface area contributed by atoms with Crippen LogP contribution in [-0.2, 0) is 9.53 Å². The van der Waals surface area contributed by atoms with E-state index in [4.69, 9.17) is 0 Å². The normalized spacial score (nSPS) is 20.8. The summed E-state index contributed by atoms with van der Waals surface area (Å²) < 4.78 is 83.1. The third kappa shape index (κ3) is 2.91. The molecular formula is C13H18F6O3. The predicted molar refractivity (Wildman–Crippen MR) is 63.8 cm³/mol. The molecule has 0 aromatic rings. The molecule has 1 N–H and O–H groups in total. The van der Waals surface area contributed by atoms with Crippen molar-refractivity contribution in [2.45, 2.75) is 69.5 Å². The van der Waals surface area contributed by atoms with Gasteiger partial charge in [0, 0.05) is 0 Å². The molecule has 0 heterocycles. The third-order valence-corrected chi connectivity index (χ3v) is 4.20. The molecule has 1 atom stereocenters. The molecular weight excluding hydrogens is 318 g/mol. The van der Waals surface area contributed by atoms with E-state index in [1.165, 1.54) is 6.92 Å². The Morgan fingerprint density at radius 1 is 1.14 bits per heavy atom. The standard InChI is InChI=1S/C13H18F6O3/c1-3-8(2)9(20)22-10(6-4-5-7-10)11(21,12(14,15)16)13(17,18)19/h8,21H,3-7H2,1-2H3. The minimum absolute atomic E-state index is 0.00224. The van der Waals surface area contributed by atoms with Gasteiger partial charge in [-0.15, -0.1) is 0 Å². The van der Waals surface area contributed by atoms with E-state index in [9.17, 15) is 36.2 Å². The summed E-state index contributed by atoms with van der Waals surface area (Å²) >= 11 is 0. The van der Waals surface area contributed by atoms with E-state index in [-0.39, 0.29) is 19.3 Å². The van der Waals surface area contributed by atoms with Crippen LogP contribution in [0, 0.1) is 5.92 Å². The first-order valence-corrected chi connectivity index (χ1v) is 6.91. The highest BCUT2D eigenvalue weighted by molar-refractivity contribution is 5.72. The minimum atomic E-state index is -6.01. The Balaban J connectivity index is 3.35. The van der Waals surface area contributed by atoms with E-state index < -0.39 is 48.3 Å². The fourth-order valence-electron chi connectivity index (χ4n) is 2.62. The van der Waals surface area contributed by atoms with E-state index in [0.29, 0.717) is 0 Å². The van der Waals surface area contributed by atoms with E-state index in [2.05, 4.69) is 4.74 Å². The van der Waals surface area contributed by atoms with Gasteiger partial charge in [0.1, 0.15) is 0 Å². The molecule has 0 spiro atoms. The molecule has 1 rings (SSSR count). The highest BCUT2D eigenvalue weighted by Crippen LogP contribution is 2.56. The molecule has 130 valence electrons. The Morgan fingerprint density at radius 2 is 1.55 bits per heavy atom. The highest BCUT2D eigenvalue weighted by Gasteiger charge is 2.81. The maximum Gasteiger partial charge on any atom is 0.430 e. The summed E-state index contributed by atoms with van der Waals surface area (Å²) in [7, 11) is 0. The van der Waals surface area contributed by atoms with Crippen LogP contribution in [0.5, 0.6) is 0 Å². The number of aliphatic hydroxyl groups is 1. The molecule has 1 unspecified atom stereocenters. The molecule has 0 saturated heterocycles. The van der Waals surface area contributed by atoms with Crippen LogP contribution in [-0.4, -0.2) is 34.6 Å². The largest absolute Gasteiger partial charge is 0.455 e.